The van der Waals surface area contributed by atoms with Crippen molar-refractivity contribution in [3.05, 3.63) is 28.9 Å². The maximum Gasteiger partial charge on any atom is 0.490 e. The summed E-state index contributed by atoms with van der Waals surface area (Å²) < 4.78 is 31.7. The van der Waals surface area contributed by atoms with E-state index in [1.165, 1.54) is 6.33 Å². The number of nitrogens with one attached hydrogen (secondary N) is 2. The van der Waals surface area contributed by atoms with Gasteiger partial charge in [-0.1, -0.05) is 13.8 Å². The van der Waals surface area contributed by atoms with Crippen molar-refractivity contribution in [2.24, 2.45) is 5.41 Å². The van der Waals surface area contributed by atoms with E-state index in [9.17, 15) is 18.0 Å². The molecule has 150 valence electrons. The van der Waals surface area contributed by atoms with E-state index in [1.54, 1.807) is 12.3 Å². The molecule has 11 heteroatoms. The Balaban J connectivity index is 0.000000445. The number of carbonyl (C=O) groups is 1. The summed E-state index contributed by atoms with van der Waals surface area (Å²) in [5.41, 5.74) is 0.571. The minimum absolute atomic E-state index is 0.113. The SMILES string of the molecule is CN(C)CC(C)(C)CNc1cc2c(=O)[nH]cnc2cn1.O=C(O)C(F)(F)F. The second-order valence-electron chi connectivity index (χ2n) is 6.88. The van der Waals surface area contributed by atoms with Crippen molar-refractivity contribution in [1.82, 2.24) is 19.9 Å². The van der Waals surface area contributed by atoms with Crippen LogP contribution in [-0.4, -0.2) is 64.3 Å². The number of pyridine rings is 1. The summed E-state index contributed by atoms with van der Waals surface area (Å²) in [6, 6.07) is 1.74. The van der Waals surface area contributed by atoms with E-state index < -0.39 is 12.1 Å². The highest BCUT2D eigenvalue weighted by Gasteiger charge is 2.38. The first-order chi connectivity index (χ1) is 12.3. The fourth-order valence-corrected chi connectivity index (χ4v) is 2.31. The molecule has 0 fully saturated rings. The lowest BCUT2D eigenvalue weighted by molar-refractivity contribution is -0.192. The maximum absolute atomic E-state index is 11.7. The van der Waals surface area contributed by atoms with Gasteiger partial charge in [-0.05, 0) is 25.6 Å². The van der Waals surface area contributed by atoms with E-state index in [0.717, 1.165) is 13.1 Å². The molecule has 2 rings (SSSR count). The van der Waals surface area contributed by atoms with Gasteiger partial charge in [0, 0.05) is 13.1 Å². The molecule has 0 unspecified atom stereocenters. The third-order valence-electron chi connectivity index (χ3n) is 3.26. The van der Waals surface area contributed by atoms with E-state index in [-0.39, 0.29) is 11.0 Å². The predicted molar refractivity (Wildman–Crippen MR) is 94.7 cm³/mol. The fourth-order valence-electron chi connectivity index (χ4n) is 2.31. The Labute approximate surface area is 153 Å². The molecule has 0 saturated heterocycles. The van der Waals surface area contributed by atoms with E-state index in [4.69, 9.17) is 9.90 Å². The van der Waals surface area contributed by atoms with Gasteiger partial charge in [0.05, 0.1) is 23.4 Å². The number of aromatic nitrogens is 3. The molecule has 2 heterocycles. The number of hydrogen-bond donors (Lipinski definition) is 3. The van der Waals surface area contributed by atoms with Gasteiger partial charge in [-0.15, -0.1) is 0 Å². The minimum Gasteiger partial charge on any atom is -0.475 e. The molecule has 0 spiro atoms. The molecule has 8 nitrogen and oxygen atoms in total. The van der Waals surface area contributed by atoms with Gasteiger partial charge < -0.3 is 20.3 Å². The summed E-state index contributed by atoms with van der Waals surface area (Å²) in [7, 11) is 4.11. The number of halogens is 3. The summed E-state index contributed by atoms with van der Waals surface area (Å²) >= 11 is 0. The van der Waals surface area contributed by atoms with Crippen molar-refractivity contribution < 1.29 is 23.1 Å². The number of alkyl halides is 3. The van der Waals surface area contributed by atoms with Crippen LogP contribution in [0.5, 0.6) is 0 Å². The van der Waals surface area contributed by atoms with Gasteiger partial charge in [-0.3, -0.25) is 4.79 Å². The van der Waals surface area contributed by atoms with Gasteiger partial charge in [0.1, 0.15) is 5.82 Å². The lowest BCUT2D eigenvalue weighted by Crippen LogP contribution is -2.34. The summed E-state index contributed by atoms with van der Waals surface area (Å²) in [5, 5.41) is 11.0. The number of carboxylic acids is 1. The Morgan fingerprint density at radius 3 is 2.41 bits per heavy atom. The van der Waals surface area contributed by atoms with Gasteiger partial charge in [0.2, 0.25) is 0 Å². The number of rotatable bonds is 5. The molecule has 0 aliphatic heterocycles. The fraction of sp³-hybridized carbons (Fsp3) is 0.500. The second-order valence-corrected chi connectivity index (χ2v) is 6.88. The van der Waals surface area contributed by atoms with Crippen LogP contribution in [0.2, 0.25) is 0 Å². The van der Waals surface area contributed by atoms with Gasteiger partial charge in [0.15, 0.2) is 0 Å². The zero-order valence-corrected chi connectivity index (χ0v) is 15.4. The van der Waals surface area contributed by atoms with Crippen LogP contribution in [-0.2, 0) is 4.79 Å². The number of anilines is 1. The van der Waals surface area contributed by atoms with Crippen molar-refractivity contribution in [3.63, 3.8) is 0 Å². The summed E-state index contributed by atoms with van der Waals surface area (Å²) in [4.78, 5) is 33.7. The molecule has 0 aliphatic carbocycles. The first kappa shape index (κ1) is 22.4. The van der Waals surface area contributed by atoms with Crippen molar-refractivity contribution in [1.29, 1.82) is 0 Å². The molecule has 0 saturated carbocycles. The Hall–Kier alpha value is -2.69. The Kier molecular flexibility index (Phi) is 7.28. The predicted octanol–water partition coefficient (Wildman–Crippen LogP) is 1.95. The van der Waals surface area contributed by atoms with Crippen LogP contribution < -0.4 is 10.9 Å². The van der Waals surface area contributed by atoms with Crippen molar-refractivity contribution in [2.45, 2.75) is 20.0 Å². The topological polar surface area (TPSA) is 111 Å². The van der Waals surface area contributed by atoms with Crippen LogP contribution in [0, 0.1) is 5.41 Å². The van der Waals surface area contributed by atoms with Crippen molar-refractivity contribution in [3.8, 4) is 0 Å². The third-order valence-corrected chi connectivity index (χ3v) is 3.26. The minimum atomic E-state index is -5.08. The summed E-state index contributed by atoms with van der Waals surface area (Å²) in [5.74, 6) is -2.06. The lowest BCUT2D eigenvalue weighted by atomic mass is 9.93. The number of fused-ring (bicyclic) bond motifs is 1. The molecular formula is C16H22F3N5O3. The van der Waals surface area contributed by atoms with Crippen LogP contribution in [0.3, 0.4) is 0 Å². The molecule has 0 atom stereocenters. The quantitative estimate of drug-likeness (QED) is 0.717. The number of aliphatic carboxylic acids is 1. The molecule has 0 radical (unpaired) electrons. The zero-order valence-electron chi connectivity index (χ0n) is 15.4. The summed E-state index contributed by atoms with van der Waals surface area (Å²) in [6.07, 6.45) is -2.08. The van der Waals surface area contributed by atoms with E-state index in [2.05, 4.69) is 53.1 Å². The van der Waals surface area contributed by atoms with Crippen LogP contribution in [0.1, 0.15) is 13.8 Å². The van der Waals surface area contributed by atoms with Gasteiger partial charge in [-0.2, -0.15) is 13.2 Å². The smallest absolute Gasteiger partial charge is 0.475 e. The van der Waals surface area contributed by atoms with Crippen molar-refractivity contribution >= 4 is 22.7 Å². The molecule has 2 aromatic heterocycles. The zero-order chi connectivity index (χ0) is 20.8. The Morgan fingerprint density at radius 2 is 1.89 bits per heavy atom. The van der Waals surface area contributed by atoms with Crippen molar-refractivity contribution in [2.75, 3.05) is 32.5 Å². The number of aromatic amines is 1. The average molecular weight is 389 g/mol. The first-order valence-electron chi connectivity index (χ1n) is 7.84. The lowest BCUT2D eigenvalue weighted by Gasteiger charge is -2.28. The van der Waals surface area contributed by atoms with Crippen LogP contribution in [0.25, 0.3) is 10.9 Å². The normalized spacial score (nSPS) is 11.9. The Bertz CT molecular complexity index is 834. The van der Waals surface area contributed by atoms with E-state index >= 15 is 0 Å². The highest BCUT2D eigenvalue weighted by molar-refractivity contribution is 5.78. The van der Waals surface area contributed by atoms with Gasteiger partial charge >= 0.3 is 12.1 Å². The highest BCUT2D eigenvalue weighted by atomic mass is 19.4. The molecule has 0 bridgehead atoms. The average Bonchev–Trinajstić information content (AvgIpc) is 2.52. The van der Waals surface area contributed by atoms with Crippen LogP contribution in [0.4, 0.5) is 19.0 Å². The van der Waals surface area contributed by atoms with E-state index in [0.29, 0.717) is 16.7 Å². The largest absolute Gasteiger partial charge is 0.490 e. The number of carboxylic acid groups (broad SMARTS) is 1. The number of hydrogen-bond acceptors (Lipinski definition) is 6. The molecule has 27 heavy (non-hydrogen) atoms. The first-order valence-corrected chi connectivity index (χ1v) is 7.84. The molecule has 2 aromatic rings. The summed E-state index contributed by atoms with van der Waals surface area (Å²) in [6.45, 7) is 6.13. The van der Waals surface area contributed by atoms with Gasteiger partial charge in [-0.25, -0.2) is 14.8 Å². The molecule has 3 N–H and O–H groups in total. The molecule has 0 amide bonds. The number of nitrogens with zero attached hydrogens (tertiary/aromatic N) is 3. The maximum atomic E-state index is 11.7. The third kappa shape index (κ3) is 7.60. The van der Waals surface area contributed by atoms with E-state index in [1.807, 2.05) is 0 Å². The highest BCUT2D eigenvalue weighted by Crippen LogP contribution is 2.18. The number of H-pyrrole nitrogens is 1. The van der Waals surface area contributed by atoms with Crippen LogP contribution in [0.15, 0.2) is 23.4 Å². The second kappa shape index (κ2) is 8.80. The van der Waals surface area contributed by atoms with Crippen LogP contribution >= 0.6 is 0 Å². The Morgan fingerprint density at radius 1 is 1.30 bits per heavy atom. The molecule has 0 aliphatic rings. The molecular weight excluding hydrogens is 367 g/mol. The standard InChI is InChI=1S/C14H21N5O.C2HF3O2/c1-14(2,8-19(3)4)7-16-12-5-10-11(6-15-12)17-9-18-13(10)20;3-2(4,5)1(6)7/h5-6,9H,7-8H2,1-4H3,(H,15,16)(H,17,18,20);(H,6,7). The monoisotopic (exact) mass is 389 g/mol. The molecule has 0 aromatic carbocycles. The van der Waals surface area contributed by atoms with Gasteiger partial charge in [0.25, 0.3) is 5.56 Å².